The first-order chi connectivity index (χ1) is 8.82. The highest BCUT2D eigenvalue weighted by Crippen LogP contribution is 2.07. The Balaban J connectivity index is 4.28. The third-order valence-corrected chi connectivity index (χ3v) is 3.25. The van der Waals surface area contributed by atoms with Gasteiger partial charge in [-0.1, -0.05) is 29.8 Å². The van der Waals surface area contributed by atoms with Crippen LogP contribution in [0.5, 0.6) is 0 Å². The van der Waals surface area contributed by atoms with Crippen molar-refractivity contribution < 1.29 is 9.53 Å². The molecule has 1 amide bonds. The van der Waals surface area contributed by atoms with E-state index in [1.165, 1.54) is 0 Å². The molecule has 5 heteroatoms. The number of halogens is 1. The average molecular weight is 337 g/mol. The maximum atomic E-state index is 11.8. The van der Waals surface area contributed by atoms with Crippen molar-refractivity contribution in [3.63, 3.8) is 0 Å². The van der Waals surface area contributed by atoms with Gasteiger partial charge < -0.3 is 15.0 Å². The summed E-state index contributed by atoms with van der Waals surface area (Å²) in [5.41, 5.74) is -0.451. The number of carbonyl (C=O) groups excluding carboxylic acids is 1. The summed E-state index contributed by atoms with van der Waals surface area (Å²) in [4.78, 5) is 14.1. The number of nitrogens with one attached hydrogen (secondary N) is 1. The highest BCUT2D eigenvalue weighted by atomic mass is 79.9. The molecule has 0 saturated carbocycles. The first-order valence-corrected chi connectivity index (χ1v) is 8.22. The van der Waals surface area contributed by atoms with Gasteiger partial charge in [0, 0.05) is 11.9 Å². The summed E-state index contributed by atoms with van der Waals surface area (Å²) in [7, 11) is 0. The minimum Gasteiger partial charge on any atom is -0.444 e. The van der Waals surface area contributed by atoms with E-state index in [-0.39, 0.29) is 12.1 Å². The zero-order valence-corrected chi connectivity index (χ0v) is 14.5. The van der Waals surface area contributed by atoms with E-state index in [4.69, 9.17) is 4.74 Å². The second kappa shape index (κ2) is 9.59. The lowest BCUT2D eigenvalue weighted by molar-refractivity contribution is 0.0498. The normalized spacial score (nSPS) is 13.4. The van der Waals surface area contributed by atoms with E-state index in [1.54, 1.807) is 0 Å². The Labute approximate surface area is 126 Å². The van der Waals surface area contributed by atoms with E-state index in [2.05, 4.69) is 40.0 Å². The van der Waals surface area contributed by atoms with Crippen LogP contribution in [0.25, 0.3) is 0 Å². The molecule has 0 radical (unpaired) electrons. The molecule has 0 bridgehead atoms. The van der Waals surface area contributed by atoms with Crippen LogP contribution >= 0.6 is 15.9 Å². The van der Waals surface area contributed by atoms with Crippen molar-refractivity contribution >= 4 is 22.0 Å². The van der Waals surface area contributed by atoms with Gasteiger partial charge in [-0.05, 0) is 46.7 Å². The predicted octanol–water partition coefficient (Wildman–Crippen LogP) is 3.40. The summed E-state index contributed by atoms with van der Waals surface area (Å²) in [6.45, 7) is 12.9. The summed E-state index contributed by atoms with van der Waals surface area (Å²) in [5.74, 6) is 0. The van der Waals surface area contributed by atoms with Crippen LogP contribution < -0.4 is 5.32 Å². The lowest BCUT2D eigenvalue weighted by atomic mass is 10.2. The number of ether oxygens (including phenoxy) is 1. The third-order valence-electron chi connectivity index (χ3n) is 2.47. The van der Waals surface area contributed by atoms with Gasteiger partial charge in [-0.3, -0.25) is 0 Å². The summed E-state index contributed by atoms with van der Waals surface area (Å²) in [6, 6.07) is 0.0768. The molecule has 0 aliphatic rings. The highest BCUT2D eigenvalue weighted by molar-refractivity contribution is 9.09. The largest absolute Gasteiger partial charge is 0.444 e. The fraction of sp³-hybridized carbons (Fsp3) is 0.929. The maximum absolute atomic E-state index is 11.8. The first kappa shape index (κ1) is 18.7. The molecule has 0 aromatic rings. The molecule has 114 valence electrons. The van der Waals surface area contributed by atoms with Crippen LogP contribution in [0.4, 0.5) is 4.79 Å². The van der Waals surface area contributed by atoms with E-state index in [0.29, 0.717) is 0 Å². The third kappa shape index (κ3) is 10.2. The quantitative estimate of drug-likeness (QED) is 0.690. The van der Waals surface area contributed by atoms with Gasteiger partial charge in [-0.2, -0.15) is 0 Å². The van der Waals surface area contributed by atoms with E-state index >= 15 is 0 Å². The van der Waals surface area contributed by atoms with Crippen molar-refractivity contribution in [2.24, 2.45) is 0 Å². The molecule has 19 heavy (non-hydrogen) atoms. The van der Waals surface area contributed by atoms with Crippen molar-refractivity contribution in [1.29, 1.82) is 0 Å². The molecule has 1 atom stereocenters. The Kier molecular flexibility index (Phi) is 9.44. The molecule has 0 rings (SSSR count). The van der Waals surface area contributed by atoms with Gasteiger partial charge in [0.2, 0.25) is 0 Å². The van der Waals surface area contributed by atoms with E-state index in [0.717, 1.165) is 37.8 Å². The van der Waals surface area contributed by atoms with E-state index in [9.17, 15) is 4.79 Å². The molecule has 0 aliphatic heterocycles. The molecule has 4 nitrogen and oxygen atoms in total. The molecule has 0 aromatic carbocycles. The Morgan fingerprint density at radius 1 is 1.26 bits per heavy atom. The molecular weight excluding hydrogens is 308 g/mol. The van der Waals surface area contributed by atoms with Crippen molar-refractivity contribution in [3.05, 3.63) is 0 Å². The smallest absolute Gasteiger partial charge is 0.407 e. The Hall–Kier alpha value is -0.290. The van der Waals surface area contributed by atoms with E-state index in [1.807, 2.05) is 20.8 Å². The predicted molar refractivity (Wildman–Crippen MR) is 84.0 cm³/mol. The van der Waals surface area contributed by atoms with Crippen molar-refractivity contribution in [3.8, 4) is 0 Å². The number of rotatable bonds is 8. The Bertz CT molecular complexity index is 248. The average Bonchev–Trinajstić information content (AvgIpc) is 2.26. The maximum Gasteiger partial charge on any atom is 0.407 e. The Morgan fingerprint density at radius 2 is 1.79 bits per heavy atom. The first-order valence-electron chi connectivity index (χ1n) is 7.10. The summed E-state index contributed by atoms with van der Waals surface area (Å²) >= 11 is 3.46. The molecule has 1 N–H and O–H groups in total. The number of alkyl halides is 1. The fourth-order valence-corrected chi connectivity index (χ4v) is 2.21. The second-order valence-electron chi connectivity index (χ2n) is 5.80. The number of carbonyl (C=O) groups is 1. The van der Waals surface area contributed by atoms with Gasteiger partial charge in [0.25, 0.3) is 0 Å². The number of alkyl carbamates (subject to hydrolysis) is 1. The minimum atomic E-state index is -0.451. The SMILES string of the molecule is CCCN(CCC)CC(CBr)NC(=O)OC(C)(C)C. The molecule has 0 aromatic heterocycles. The number of nitrogens with zero attached hydrogens (tertiary/aromatic N) is 1. The summed E-state index contributed by atoms with van der Waals surface area (Å²) in [6.07, 6.45) is 1.91. The van der Waals surface area contributed by atoms with Crippen LogP contribution in [0.15, 0.2) is 0 Å². The van der Waals surface area contributed by atoms with Crippen LogP contribution in [-0.2, 0) is 4.74 Å². The molecule has 0 heterocycles. The van der Waals surface area contributed by atoms with Gasteiger partial charge in [-0.15, -0.1) is 0 Å². The highest BCUT2D eigenvalue weighted by Gasteiger charge is 2.20. The lowest BCUT2D eigenvalue weighted by Gasteiger charge is -2.27. The van der Waals surface area contributed by atoms with Crippen LogP contribution in [0.2, 0.25) is 0 Å². The number of hydrogen-bond donors (Lipinski definition) is 1. The lowest BCUT2D eigenvalue weighted by Crippen LogP contribution is -2.46. The van der Waals surface area contributed by atoms with Gasteiger partial charge in [0.05, 0.1) is 6.04 Å². The second-order valence-corrected chi connectivity index (χ2v) is 6.45. The van der Waals surface area contributed by atoms with Crippen molar-refractivity contribution in [1.82, 2.24) is 10.2 Å². The number of amides is 1. The zero-order chi connectivity index (χ0) is 14.9. The fourth-order valence-electron chi connectivity index (χ4n) is 1.85. The summed E-state index contributed by atoms with van der Waals surface area (Å²) < 4.78 is 5.28. The molecule has 0 fully saturated rings. The van der Waals surface area contributed by atoms with Crippen molar-refractivity contribution in [2.45, 2.75) is 59.1 Å². The standard InChI is InChI=1S/C14H29BrN2O2/c1-6-8-17(9-7-2)11-12(10-15)16-13(18)19-14(3,4)5/h12H,6-11H2,1-5H3,(H,16,18). The van der Waals surface area contributed by atoms with Gasteiger partial charge in [0.1, 0.15) is 5.60 Å². The van der Waals surface area contributed by atoms with Gasteiger partial charge >= 0.3 is 6.09 Å². The monoisotopic (exact) mass is 336 g/mol. The molecule has 0 saturated heterocycles. The Morgan fingerprint density at radius 3 is 2.16 bits per heavy atom. The minimum absolute atomic E-state index is 0.0768. The van der Waals surface area contributed by atoms with Crippen molar-refractivity contribution in [2.75, 3.05) is 25.0 Å². The van der Waals surface area contributed by atoms with Gasteiger partial charge in [0.15, 0.2) is 0 Å². The zero-order valence-electron chi connectivity index (χ0n) is 13.0. The summed E-state index contributed by atoms with van der Waals surface area (Å²) in [5, 5.41) is 3.65. The molecule has 0 spiro atoms. The number of hydrogen-bond acceptors (Lipinski definition) is 3. The van der Waals surface area contributed by atoms with Crippen LogP contribution in [0.1, 0.15) is 47.5 Å². The van der Waals surface area contributed by atoms with Gasteiger partial charge in [-0.25, -0.2) is 4.79 Å². The molecule has 1 unspecified atom stereocenters. The van der Waals surface area contributed by atoms with E-state index < -0.39 is 5.60 Å². The van der Waals surface area contributed by atoms with Crippen LogP contribution in [0, 0.1) is 0 Å². The molecule has 0 aliphatic carbocycles. The molecular formula is C14H29BrN2O2. The van der Waals surface area contributed by atoms with Crippen LogP contribution in [0.3, 0.4) is 0 Å². The van der Waals surface area contributed by atoms with Crippen LogP contribution in [-0.4, -0.2) is 47.6 Å². The topological polar surface area (TPSA) is 41.6 Å².